The summed E-state index contributed by atoms with van der Waals surface area (Å²) in [6, 6.07) is 8.88. The van der Waals surface area contributed by atoms with Crippen molar-refractivity contribution in [3.63, 3.8) is 0 Å². The normalized spacial score (nSPS) is 20.7. The van der Waals surface area contributed by atoms with Crippen LogP contribution < -0.4 is 14.8 Å². The van der Waals surface area contributed by atoms with E-state index in [1.54, 1.807) is 29.5 Å². The van der Waals surface area contributed by atoms with Crippen LogP contribution in [0.5, 0.6) is 11.6 Å². The van der Waals surface area contributed by atoms with Crippen molar-refractivity contribution in [2.24, 2.45) is 0 Å². The second-order valence-electron chi connectivity index (χ2n) is 12.2. The quantitative estimate of drug-likeness (QED) is 0.200. The molecule has 1 N–H and O–H groups in total. The molecule has 14 heteroatoms. The van der Waals surface area contributed by atoms with Crippen molar-refractivity contribution in [2.45, 2.75) is 82.6 Å². The summed E-state index contributed by atoms with van der Waals surface area (Å²) in [4.78, 5) is 15.6. The smallest absolute Gasteiger partial charge is 0.257 e. The molecule has 0 unspecified atom stereocenters. The molecule has 0 amide bonds. The summed E-state index contributed by atoms with van der Waals surface area (Å²) in [7, 11) is 2.25. The lowest BCUT2D eigenvalue weighted by atomic mass is 9.89. The Morgan fingerprint density at radius 2 is 1.96 bits per heavy atom. The Bertz CT molecular complexity index is 1610. The van der Waals surface area contributed by atoms with Gasteiger partial charge in [-0.1, -0.05) is 17.7 Å². The van der Waals surface area contributed by atoms with E-state index in [0.29, 0.717) is 46.9 Å². The summed E-state index contributed by atoms with van der Waals surface area (Å²) in [5, 5.41) is 21.8. The van der Waals surface area contributed by atoms with E-state index in [1.165, 1.54) is 19.2 Å². The number of hydrogen-bond acceptors (Lipinski definition) is 11. The first-order valence-corrected chi connectivity index (χ1v) is 16.6. The molecule has 2 fully saturated rings. The van der Waals surface area contributed by atoms with Crippen LogP contribution in [0.2, 0.25) is 5.02 Å². The van der Waals surface area contributed by atoms with Gasteiger partial charge in [-0.05, 0) is 76.6 Å². The van der Waals surface area contributed by atoms with Gasteiger partial charge in [-0.3, -0.25) is 9.58 Å². The fraction of sp³-hybridized carbons (Fsp3) is 0.515. The van der Waals surface area contributed by atoms with Crippen molar-refractivity contribution in [1.82, 2.24) is 39.4 Å². The van der Waals surface area contributed by atoms with Crippen molar-refractivity contribution < 1.29 is 14.2 Å². The molecule has 1 saturated carbocycles. The lowest BCUT2D eigenvalue weighted by molar-refractivity contribution is 0.0500. The molecule has 4 aromatic rings. The van der Waals surface area contributed by atoms with Crippen molar-refractivity contribution >= 4 is 23.2 Å². The number of benzene rings is 1. The zero-order valence-corrected chi connectivity index (χ0v) is 27.6. The van der Waals surface area contributed by atoms with E-state index < -0.39 is 0 Å². The standard InChI is InChI=1S/C33H41ClN10O3/c1-23(18-43-22-36-21-39-43)47-31-15-24(6-11-29(31)34)25-16-37-33(38-17-25)40-30-19-44(41-32(30)46-14-12-35)27-9-7-26(8-10-27)42(2)28-5-3-4-13-45-20-28/h6,11,15-17,19,21-23,26-28H,3-5,7-10,13-14,18,20H2,1-2H3,(H,37,38,40)/t23-,26?,27?,28+/m0/s1. The zero-order valence-electron chi connectivity index (χ0n) is 26.8. The highest BCUT2D eigenvalue weighted by Gasteiger charge is 2.30. The van der Waals surface area contributed by atoms with Crippen LogP contribution in [0.1, 0.15) is 57.9 Å². The van der Waals surface area contributed by atoms with Gasteiger partial charge in [0, 0.05) is 36.6 Å². The Labute approximate surface area is 279 Å². The maximum Gasteiger partial charge on any atom is 0.257 e. The van der Waals surface area contributed by atoms with Crippen molar-refractivity contribution in [3.8, 4) is 28.8 Å². The van der Waals surface area contributed by atoms with Gasteiger partial charge in [-0.15, -0.1) is 5.10 Å². The third kappa shape index (κ3) is 8.38. The summed E-state index contributed by atoms with van der Waals surface area (Å²) in [6.45, 7) is 4.08. The van der Waals surface area contributed by atoms with Gasteiger partial charge in [0.15, 0.2) is 6.61 Å². The van der Waals surface area contributed by atoms with Crippen LogP contribution in [-0.4, -0.2) is 84.5 Å². The largest absolute Gasteiger partial charge is 0.487 e. The monoisotopic (exact) mass is 660 g/mol. The van der Waals surface area contributed by atoms with Gasteiger partial charge in [-0.25, -0.2) is 19.6 Å². The minimum Gasteiger partial charge on any atom is -0.487 e. The minimum atomic E-state index is -0.178. The molecular weight excluding hydrogens is 620 g/mol. The molecule has 13 nitrogen and oxygen atoms in total. The van der Waals surface area contributed by atoms with Gasteiger partial charge in [0.05, 0.1) is 30.4 Å². The van der Waals surface area contributed by atoms with Crippen LogP contribution >= 0.6 is 11.6 Å². The Morgan fingerprint density at radius 1 is 1.13 bits per heavy atom. The third-order valence-corrected chi connectivity index (χ3v) is 9.26. The average molecular weight is 661 g/mol. The molecule has 0 radical (unpaired) electrons. The van der Waals surface area contributed by atoms with E-state index >= 15 is 0 Å². The first kappa shape index (κ1) is 32.7. The molecule has 248 valence electrons. The molecule has 4 heterocycles. The predicted molar refractivity (Wildman–Crippen MR) is 177 cm³/mol. The maximum absolute atomic E-state index is 9.16. The number of nitrogens with zero attached hydrogens (tertiary/aromatic N) is 9. The topological polar surface area (TPSA) is 141 Å². The molecule has 1 aliphatic carbocycles. The van der Waals surface area contributed by atoms with Gasteiger partial charge in [0.1, 0.15) is 36.3 Å². The lowest BCUT2D eigenvalue weighted by Gasteiger charge is -2.38. The van der Waals surface area contributed by atoms with Gasteiger partial charge in [-0.2, -0.15) is 10.4 Å². The highest BCUT2D eigenvalue weighted by Crippen LogP contribution is 2.36. The number of nitrogens with one attached hydrogen (secondary N) is 1. The second kappa shape index (κ2) is 15.6. The van der Waals surface area contributed by atoms with E-state index in [4.69, 9.17) is 36.2 Å². The van der Waals surface area contributed by atoms with E-state index in [0.717, 1.165) is 56.4 Å². The van der Waals surface area contributed by atoms with E-state index in [9.17, 15) is 0 Å². The molecule has 0 bridgehead atoms. The summed E-state index contributed by atoms with van der Waals surface area (Å²) in [5.41, 5.74) is 2.28. The van der Waals surface area contributed by atoms with E-state index in [-0.39, 0.29) is 18.8 Å². The van der Waals surface area contributed by atoms with Gasteiger partial charge >= 0.3 is 0 Å². The Balaban J connectivity index is 1.10. The van der Waals surface area contributed by atoms with Crippen LogP contribution in [-0.2, 0) is 11.3 Å². The number of nitriles is 1. The van der Waals surface area contributed by atoms with Crippen LogP contribution in [0, 0.1) is 11.3 Å². The highest BCUT2D eigenvalue weighted by atomic mass is 35.5. The number of ether oxygens (including phenoxy) is 3. The van der Waals surface area contributed by atoms with Crippen molar-refractivity contribution in [2.75, 3.05) is 32.2 Å². The van der Waals surface area contributed by atoms with Crippen LogP contribution in [0.4, 0.5) is 11.6 Å². The second-order valence-corrected chi connectivity index (χ2v) is 12.6. The number of rotatable bonds is 12. The SMILES string of the molecule is C[C@@H](Cn1cncn1)Oc1cc(-c2cnc(Nc3cn(C4CCC(N(C)[C@@H]5CCCCOC5)CC4)nc3OCC#N)nc2)ccc1Cl. The Morgan fingerprint density at radius 3 is 2.72 bits per heavy atom. The summed E-state index contributed by atoms with van der Waals surface area (Å²) in [6.07, 6.45) is 16.2. The van der Waals surface area contributed by atoms with Gasteiger partial charge < -0.3 is 19.5 Å². The number of aromatic nitrogens is 7. The number of anilines is 2. The molecule has 2 atom stereocenters. The van der Waals surface area contributed by atoms with E-state index in [1.807, 2.05) is 36.0 Å². The summed E-state index contributed by atoms with van der Waals surface area (Å²) < 4.78 is 21.3. The van der Waals surface area contributed by atoms with Crippen LogP contribution in [0.15, 0.2) is 49.4 Å². The number of hydrogen-bond donors (Lipinski definition) is 1. The molecule has 1 saturated heterocycles. The summed E-state index contributed by atoms with van der Waals surface area (Å²) in [5.74, 6) is 1.30. The van der Waals surface area contributed by atoms with Crippen LogP contribution in [0.3, 0.4) is 0 Å². The third-order valence-electron chi connectivity index (χ3n) is 8.95. The van der Waals surface area contributed by atoms with E-state index in [2.05, 4.69) is 37.3 Å². The van der Waals surface area contributed by atoms with Gasteiger partial charge in [0.25, 0.3) is 5.88 Å². The lowest BCUT2D eigenvalue weighted by Crippen LogP contribution is -2.44. The highest BCUT2D eigenvalue weighted by molar-refractivity contribution is 6.32. The average Bonchev–Trinajstić information content (AvgIpc) is 3.66. The van der Waals surface area contributed by atoms with Gasteiger partial charge in [0.2, 0.25) is 5.95 Å². The Hall–Kier alpha value is -4.25. The van der Waals surface area contributed by atoms with Crippen molar-refractivity contribution in [1.29, 1.82) is 5.26 Å². The maximum atomic E-state index is 9.16. The predicted octanol–water partition coefficient (Wildman–Crippen LogP) is 5.68. The molecule has 0 spiro atoms. The fourth-order valence-electron chi connectivity index (χ4n) is 6.37. The first-order valence-electron chi connectivity index (χ1n) is 16.2. The number of likely N-dealkylation sites (N-methyl/N-ethyl adjacent to an activating group) is 1. The van der Waals surface area contributed by atoms with Crippen LogP contribution in [0.25, 0.3) is 11.1 Å². The first-order chi connectivity index (χ1) is 23.0. The molecular formula is C33H41ClN10O3. The molecule has 2 aliphatic rings. The zero-order chi connectivity index (χ0) is 32.6. The minimum absolute atomic E-state index is 0.106. The fourth-order valence-corrected chi connectivity index (χ4v) is 6.53. The summed E-state index contributed by atoms with van der Waals surface area (Å²) >= 11 is 6.45. The molecule has 47 heavy (non-hydrogen) atoms. The molecule has 1 aromatic carbocycles. The molecule has 6 rings (SSSR count). The number of halogens is 1. The molecule has 3 aromatic heterocycles. The van der Waals surface area contributed by atoms with Crippen molar-refractivity contribution in [3.05, 3.63) is 54.5 Å². The Kier molecular flexibility index (Phi) is 10.8. The molecule has 1 aliphatic heterocycles.